The fraction of sp³-hybridized carbons (Fsp3) is 0.0769. The Hall–Kier alpha value is -3.43. The molecule has 0 saturated carbocycles. The number of hydrogen-bond acceptors (Lipinski definition) is 3. The van der Waals surface area contributed by atoms with E-state index in [-0.39, 0.29) is 6.61 Å². The van der Waals surface area contributed by atoms with Crippen LogP contribution >= 0.6 is 11.6 Å². The highest BCUT2D eigenvalue weighted by atomic mass is 35.5. The number of benzene rings is 3. The number of esters is 1. The number of carbonyl (C=O) groups excluding carboxylic acids is 1. The molecular weight excluding hydrogens is 394 g/mol. The Labute approximate surface area is 180 Å². The molecule has 0 aliphatic rings. The normalized spacial score (nSPS) is 10.6. The number of halogens is 1. The van der Waals surface area contributed by atoms with E-state index in [1.54, 1.807) is 19.1 Å². The molecule has 0 amide bonds. The van der Waals surface area contributed by atoms with Crippen LogP contribution in [0.5, 0.6) is 0 Å². The van der Waals surface area contributed by atoms with Crippen molar-refractivity contribution in [3.8, 4) is 33.6 Å². The van der Waals surface area contributed by atoms with Gasteiger partial charge in [-0.25, -0.2) is 9.78 Å². The van der Waals surface area contributed by atoms with Crippen molar-refractivity contribution >= 4 is 17.6 Å². The second-order valence-electron chi connectivity index (χ2n) is 6.74. The van der Waals surface area contributed by atoms with Gasteiger partial charge in [0.1, 0.15) is 0 Å². The first kappa shape index (κ1) is 19.9. The van der Waals surface area contributed by atoms with Crippen molar-refractivity contribution < 1.29 is 9.53 Å². The van der Waals surface area contributed by atoms with Crippen molar-refractivity contribution in [2.45, 2.75) is 6.92 Å². The van der Waals surface area contributed by atoms with Crippen LogP contribution < -0.4 is 0 Å². The molecule has 0 N–H and O–H groups in total. The van der Waals surface area contributed by atoms with Crippen LogP contribution in [0.15, 0.2) is 91.0 Å². The first-order chi connectivity index (χ1) is 14.7. The Morgan fingerprint density at radius 1 is 0.833 bits per heavy atom. The van der Waals surface area contributed by atoms with Crippen LogP contribution in [0.2, 0.25) is 5.02 Å². The van der Waals surface area contributed by atoms with Crippen molar-refractivity contribution in [1.82, 2.24) is 4.98 Å². The summed E-state index contributed by atoms with van der Waals surface area (Å²) in [6, 6.07) is 29.0. The molecule has 0 bridgehead atoms. The lowest BCUT2D eigenvalue weighted by Crippen LogP contribution is -2.10. The summed E-state index contributed by atoms with van der Waals surface area (Å²) < 4.78 is 5.42. The zero-order valence-corrected chi connectivity index (χ0v) is 17.3. The van der Waals surface area contributed by atoms with E-state index >= 15 is 0 Å². The minimum Gasteiger partial charge on any atom is -0.462 e. The van der Waals surface area contributed by atoms with Crippen LogP contribution in [0.3, 0.4) is 0 Å². The van der Waals surface area contributed by atoms with Crippen LogP contribution in [0.4, 0.5) is 0 Å². The number of pyridine rings is 1. The molecule has 1 aromatic heterocycles. The Bertz CT molecular complexity index is 1160. The molecule has 0 saturated heterocycles. The van der Waals surface area contributed by atoms with Gasteiger partial charge in [-0.05, 0) is 30.7 Å². The summed E-state index contributed by atoms with van der Waals surface area (Å²) in [6.45, 7) is 2.08. The first-order valence-electron chi connectivity index (χ1n) is 9.76. The maximum Gasteiger partial charge on any atom is 0.340 e. The molecule has 0 aliphatic heterocycles. The number of rotatable bonds is 5. The summed E-state index contributed by atoms with van der Waals surface area (Å²) in [5.41, 5.74) is 5.30. The average molecular weight is 414 g/mol. The van der Waals surface area contributed by atoms with E-state index in [0.717, 1.165) is 27.9 Å². The third kappa shape index (κ3) is 4.12. The molecule has 4 rings (SSSR count). The summed E-state index contributed by atoms with van der Waals surface area (Å²) in [5.74, 6) is -0.395. The van der Waals surface area contributed by atoms with Crippen LogP contribution in [0, 0.1) is 0 Å². The number of ether oxygens (including phenoxy) is 1. The van der Waals surface area contributed by atoms with Gasteiger partial charge < -0.3 is 4.74 Å². The van der Waals surface area contributed by atoms with Crippen molar-refractivity contribution in [3.63, 3.8) is 0 Å². The molecular formula is C26H20ClNO2. The minimum atomic E-state index is -0.395. The standard InChI is InChI=1S/C26H20ClNO2/c1-2-30-26(29)24-22(18-9-5-3-6-10-18)17-23(19-11-7-4-8-12-19)28-25(24)20-13-15-21(27)16-14-20/h3-17H,2H2,1H3. The van der Waals surface area contributed by atoms with Gasteiger partial charge in [-0.2, -0.15) is 0 Å². The average Bonchev–Trinajstić information content (AvgIpc) is 2.80. The lowest BCUT2D eigenvalue weighted by atomic mass is 9.93. The highest BCUT2D eigenvalue weighted by Gasteiger charge is 2.23. The van der Waals surface area contributed by atoms with E-state index in [0.29, 0.717) is 16.3 Å². The third-order valence-electron chi connectivity index (χ3n) is 4.77. The zero-order chi connectivity index (χ0) is 20.9. The molecule has 4 aromatic rings. The smallest absolute Gasteiger partial charge is 0.340 e. The molecule has 4 heteroatoms. The van der Waals surface area contributed by atoms with Crippen LogP contribution in [0.1, 0.15) is 17.3 Å². The Balaban J connectivity index is 2.04. The largest absolute Gasteiger partial charge is 0.462 e. The van der Waals surface area contributed by atoms with E-state index in [4.69, 9.17) is 21.3 Å². The van der Waals surface area contributed by atoms with Gasteiger partial charge in [0.15, 0.2) is 0 Å². The number of carbonyl (C=O) groups is 1. The monoisotopic (exact) mass is 413 g/mol. The highest BCUT2D eigenvalue weighted by molar-refractivity contribution is 6.30. The zero-order valence-electron chi connectivity index (χ0n) is 16.5. The van der Waals surface area contributed by atoms with Crippen LogP contribution in [-0.2, 0) is 4.74 Å². The molecule has 0 atom stereocenters. The summed E-state index contributed by atoms with van der Waals surface area (Å²) in [7, 11) is 0. The van der Waals surface area contributed by atoms with E-state index in [1.165, 1.54) is 0 Å². The molecule has 0 fully saturated rings. The maximum absolute atomic E-state index is 13.1. The van der Waals surface area contributed by atoms with Gasteiger partial charge in [-0.15, -0.1) is 0 Å². The first-order valence-corrected chi connectivity index (χ1v) is 10.1. The molecule has 0 unspecified atom stereocenters. The number of aromatic nitrogens is 1. The highest BCUT2D eigenvalue weighted by Crippen LogP contribution is 2.35. The predicted octanol–water partition coefficient (Wildman–Crippen LogP) is 6.91. The van der Waals surface area contributed by atoms with Crippen LogP contribution in [-0.4, -0.2) is 17.6 Å². The molecule has 3 aromatic carbocycles. The van der Waals surface area contributed by atoms with E-state index < -0.39 is 5.97 Å². The van der Waals surface area contributed by atoms with Gasteiger partial charge in [0.25, 0.3) is 0 Å². The topological polar surface area (TPSA) is 39.2 Å². The Kier molecular flexibility index (Phi) is 5.92. The summed E-state index contributed by atoms with van der Waals surface area (Å²) in [4.78, 5) is 17.9. The predicted molar refractivity (Wildman–Crippen MR) is 122 cm³/mol. The van der Waals surface area contributed by atoms with Gasteiger partial charge in [0, 0.05) is 21.7 Å². The SMILES string of the molecule is CCOC(=O)c1c(-c2ccccc2)cc(-c2ccccc2)nc1-c1ccc(Cl)cc1. The molecule has 0 aliphatic carbocycles. The molecule has 3 nitrogen and oxygen atoms in total. The maximum atomic E-state index is 13.1. The quantitative estimate of drug-likeness (QED) is 0.333. The Morgan fingerprint density at radius 2 is 1.43 bits per heavy atom. The van der Waals surface area contributed by atoms with Gasteiger partial charge >= 0.3 is 5.97 Å². The molecule has 0 spiro atoms. The molecule has 1 heterocycles. The molecule has 30 heavy (non-hydrogen) atoms. The second-order valence-corrected chi connectivity index (χ2v) is 7.17. The van der Waals surface area contributed by atoms with E-state index in [2.05, 4.69) is 0 Å². The van der Waals surface area contributed by atoms with Crippen molar-refractivity contribution in [1.29, 1.82) is 0 Å². The number of nitrogens with zero attached hydrogens (tertiary/aromatic N) is 1. The fourth-order valence-electron chi connectivity index (χ4n) is 3.37. The Morgan fingerprint density at radius 3 is 2.03 bits per heavy atom. The molecule has 0 radical (unpaired) electrons. The van der Waals surface area contributed by atoms with Gasteiger partial charge in [-0.1, -0.05) is 84.4 Å². The second kappa shape index (κ2) is 8.93. The van der Waals surface area contributed by atoms with Crippen molar-refractivity contribution in [3.05, 3.63) is 102 Å². The van der Waals surface area contributed by atoms with Crippen molar-refractivity contribution in [2.75, 3.05) is 6.61 Å². The lowest BCUT2D eigenvalue weighted by Gasteiger charge is -2.16. The van der Waals surface area contributed by atoms with Crippen molar-refractivity contribution in [2.24, 2.45) is 0 Å². The summed E-state index contributed by atoms with van der Waals surface area (Å²) >= 11 is 6.09. The van der Waals surface area contributed by atoms with Gasteiger partial charge in [0.05, 0.1) is 23.6 Å². The lowest BCUT2D eigenvalue weighted by molar-refractivity contribution is 0.0528. The third-order valence-corrected chi connectivity index (χ3v) is 5.02. The van der Waals surface area contributed by atoms with Crippen LogP contribution in [0.25, 0.3) is 33.6 Å². The van der Waals surface area contributed by atoms with E-state index in [9.17, 15) is 4.79 Å². The minimum absolute atomic E-state index is 0.285. The fourth-order valence-corrected chi connectivity index (χ4v) is 3.50. The van der Waals surface area contributed by atoms with E-state index in [1.807, 2.05) is 78.9 Å². The van der Waals surface area contributed by atoms with Gasteiger partial charge in [0.2, 0.25) is 0 Å². The van der Waals surface area contributed by atoms with Gasteiger partial charge in [-0.3, -0.25) is 0 Å². The summed E-state index contributed by atoms with van der Waals surface area (Å²) in [5, 5.41) is 0.624. The summed E-state index contributed by atoms with van der Waals surface area (Å²) in [6.07, 6.45) is 0. The molecule has 148 valence electrons. The number of hydrogen-bond donors (Lipinski definition) is 0.